The summed E-state index contributed by atoms with van der Waals surface area (Å²) in [5.41, 5.74) is 0. The minimum atomic E-state index is -4.74. The van der Waals surface area contributed by atoms with Gasteiger partial charge in [-0.3, -0.25) is 0 Å². The summed E-state index contributed by atoms with van der Waals surface area (Å²) in [6, 6.07) is 2.30. The molecule has 17 heavy (non-hydrogen) atoms. The molecular formula is C10H13F3O3S. The van der Waals surface area contributed by atoms with Crippen LogP contribution in [0.25, 0.3) is 0 Å². The van der Waals surface area contributed by atoms with Gasteiger partial charge in [-0.15, -0.1) is 13.2 Å². The van der Waals surface area contributed by atoms with Crippen LogP contribution in [-0.4, -0.2) is 18.9 Å². The van der Waals surface area contributed by atoms with Crippen molar-refractivity contribution in [3.05, 3.63) is 17.0 Å². The van der Waals surface area contributed by atoms with Gasteiger partial charge in [0.05, 0.1) is 6.61 Å². The van der Waals surface area contributed by atoms with E-state index >= 15 is 0 Å². The molecule has 0 amide bonds. The van der Waals surface area contributed by atoms with E-state index in [0.29, 0.717) is 11.3 Å². The molecule has 0 aliphatic heterocycles. The van der Waals surface area contributed by atoms with Crippen LogP contribution in [0.15, 0.2) is 12.1 Å². The fraction of sp³-hybridized carbons (Fsp3) is 0.500. The van der Waals surface area contributed by atoms with Gasteiger partial charge in [0.1, 0.15) is 4.88 Å². The van der Waals surface area contributed by atoms with E-state index < -0.39 is 12.3 Å². The Bertz CT molecular complexity index is 347. The second-order valence-electron chi connectivity index (χ2n) is 2.39. The molecule has 0 aromatic carbocycles. The first-order valence-electron chi connectivity index (χ1n) is 4.95. The molecule has 0 saturated carbocycles. The average molecular weight is 270 g/mol. The molecule has 3 nitrogen and oxygen atoms in total. The average Bonchev–Trinajstić information content (AvgIpc) is 2.67. The Morgan fingerprint density at radius 2 is 1.94 bits per heavy atom. The van der Waals surface area contributed by atoms with Crippen LogP contribution in [0, 0.1) is 0 Å². The van der Waals surface area contributed by atoms with E-state index in [4.69, 9.17) is 0 Å². The lowest BCUT2D eigenvalue weighted by Gasteiger charge is -2.04. The van der Waals surface area contributed by atoms with Crippen molar-refractivity contribution in [1.82, 2.24) is 0 Å². The molecule has 0 atom stereocenters. The van der Waals surface area contributed by atoms with E-state index in [1.54, 1.807) is 6.92 Å². The number of thiophene rings is 1. The van der Waals surface area contributed by atoms with Crippen molar-refractivity contribution in [2.45, 2.75) is 27.1 Å². The lowest BCUT2D eigenvalue weighted by Crippen LogP contribution is -2.16. The van der Waals surface area contributed by atoms with Gasteiger partial charge >= 0.3 is 12.3 Å². The van der Waals surface area contributed by atoms with Gasteiger partial charge in [-0.1, -0.05) is 25.2 Å². The zero-order valence-corrected chi connectivity index (χ0v) is 10.4. The van der Waals surface area contributed by atoms with E-state index in [1.807, 2.05) is 13.8 Å². The zero-order chi connectivity index (χ0) is 13.5. The third-order valence-corrected chi connectivity index (χ3v) is 2.22. The van der Waals surface area contributed by atoms with E-state index in [1.165, 1.54) is 6.07 Å². The van der Waals surface area contributed by atoms with Crippen LogP contribution in [0.5, 0.6) is 5.06 Å². The van der Waals surface area contributed by atoms with Crippen LogP contribution in [-0.2, 0) is 4.74 Å². The lowest BCUT2D eigenvalue weighted by atomic mass is 10.5. The summed E-state index contributed by atoms with van der Waals surface area (Å²) < 4.78 is 43.5. The molecule has 1 aromatic rings. The van der Waals surface area contributed by atoms with Crippen molar-refractivity contribution in [2.24, 2.45) is 0 Å². The molecule has 0 fully saturated rings. The van der Waals surface area contributed by atoms with Crippen molar-refractivity contribution in [3.8, 4) is 5.06 Å². The Labute approximate surface area is 101 Å². The highest BCUT2D eigenvalue weighted by Crippen LogP contribution is 2.30. The maximum Gasteiger partial charge on any atom is 0.573 e. The van der Waals surface area contributed by atoms with Gasteiger partial charge in [-0.25, -0.2) is 4.79 Å². The van der Waals surface area contributed by atoms with Crippen molar-refractivity contribution in [3.63, 3.8) is 0 Å². The summed E-state index contributed by atoms with van der Waals surface area (Å²) in [5, 5.41) is -0.384. The molecule has 0 aliphatic carbocycles. The number of carbonyl (C=O) groups excluding carboxylic acids is 1. The molecule has 98 valence electrons. The molecule has 0 N–H and O–H groups in total. The van der Waals surface area contributed by atoms with Gasteiger partial charge in [0.2, 0.25) is 0 Å². The Kier molecular flexibility index (Phi) is 6.64. The fourth-order valence-electron chi connectivity index (χ4n) is 0.801. The second-order valence-corrected chi connectivity index (χ2v) is 3.43. The van der Waals surface area contributed by atoms with Gasteiger partial charge in [-0.2, -0.15) is 0 Å². The van der Waals surface area contributed by atoms with E-state index in [2.05, 4.69) is 9.47 Å². The first-order valence-corrected chi connectivity index (χ1v) is 5.76. The van der Waals surface area contributed by atoms with Gasteiger partial charge in [-0.05, 0) is 19.1 Å². The summed E-state index contributed by atoms with van der Waals surface area (Å²) in [6.45, 7) is 5.78. The predicted octanol–water partition coefficient (Wildman–Crippen LogP) is 3.85. The number of esters is 1. The second kappa shape index (κ2) is 7.16. The summed E-state index contributed by atoms with van der Waals surface area (Å²) in [6.07, 6.45) is -4.74. The molecule has 0 radical (unpaired) electrons. The van der Waals surface area contributed by atoms with Gasteiger partial charge in [0.15, 0.2) is 5.06 Å². The van der Waals surface area contributed by atoms with Crippen LogP contribution < -0.4 is 4.74 Å². The SMILES string of the molecule is CC.CCOC(=O)c1ccc(OC(F)(F)F)s1. The van der Waals surface area contributed by atoms with Crippen molar-refractivity contribution >= 4 is 17.3 Å². The standard InChI is InChI=1S/C8H7F3O3S.C2H6/c1-2-13-7(12)5-3-4-6(15-5)14-8(9,10)11;1-2/h3-4H,2H2,1H3;1-2H3. The van der Waals surface area contributed by atoms with Gasteiger partial charge < -0.3 is 9.47 Å². The van der Waals surface area contributed by atoms with Gasteiger partial charge in [0.25, 0.3) is 0 Å². The Hall–Kier alpha value is -1.24. The number of rotatable bonds is 3. The number of alkyl halides is 3. The summed E-state index contributed by atoms with van der Waals surface area (Å²) in [7, 11) is 0. The Morgan fingerprint density at radius 1 is 1.35 bits per heavy atom. The van der Waals surface area contributed by atoms with Crippen LogP contribution in [0.4, 0.5) is 13.2 Å². The predicted molar refractivity (Wildman–Crippen MR) is 58.3 cm³/mol. The Balaban J connectivity index is 0.00000121. The van der Waals surface area contributed by atoms with Crippen LogP contribution in [0.1, 0.15) is 30.4 Å². The van der Waals surface area contributed by atoms with E-state index in [-0.39, 0.29) is 16.5 Å². The molecule has 7 heteroatoms. The first kappa shape index (κ1) is 15.8. The summed E-state index contributed by atoms with van der Waals surface area (Å²) in [4.78, 5) is 11.2. The minimum absolute atomic E-state index is 0.0797. The lowest BCUT2D eigenvalue weighted by molar-refractivity contribution is -0.273. The van der Waals surface area contributed by atoms with Crippen molar-refractivity contribution < 1.29 is 27.4 Å². The fourth-order valence-corrected chi connectivity index (χ4v) is 1.57. The van der Waals surface area contributed by atoms with Crippen LogP contribution in [0.2, 0.25) is 0 Å². The van der Waals surface area contributed by atoms with Crippen molar-refractivity contribution in [2.75, 3.05) is 6.61 Å². The highest BCUT2D eigenvalue weighted by atomic mass is 32.1. The minimum Gasteiger partial charge on any atom is -0.462 e. The monoisotopic (exact) mass is 270 g/mol. The Morgan fingerprint density at radius 3 is 2.41 bits per heavy atom. The molecule has 0 bridgehead atoms. The molecule has 0 spiro atoms. The molecule has 1 aromatic heterocycles. The maximum absolute atomic E-state index is 11.8. The topological polar surface area (TPSA) is 35.5 Å². The number of carbonyl (C=O) groups is 1. The number of hydrogen-bond donors (Lipinski definition) is 0. The quantitative estimate of drug-likeness (QED) is 0.782. The normalized spacial score (nSPS) is 10.2. The zero-order valence-electron chi connectivity index (χ0n) is 9.63. The van der Waals surface area contributed by atoms with E-state index in [9.17, 15) is 18.0 Å². The third kappa shape index (κ3) is 6.15. The molecular weight excluding hydrogens is 257 g/mol. The molecule has 0 saturated heterocycles. The van der Waals surface area contributed by atoms with Crippen LogP contribution in [0.3, 0.4) is 0 Å². The largest absolute Gasteiger partial charge is 0.573 e. The van der Waals surface area contributed by atoms with Gasteiger partial charge in [0, 0.05) is 0 Å². The number of halogens is 3. The summed E-state index contributed by atoms with van der Waals surface area (Å²) >= 11 is 0.591. The van der Waals surface area contributed by atoms with Crippen LogP contribution >= 0.6 is 11.3 Å². The third-order valence-electron chi connectivity index (χ3n) is 1.27. The highest BCUT2D eigenvalue weighted by molar-refractivity contribution is 7.15. The molecule has 1 rings (SSSR count). The molecule has 0 unspecified atom stereocenters. The number of hydrogen-bond acceptors (Lipinski definition) is 4. The smallest absolute Gasteiger partial charge is 0.462 e. The van der Waals surface area contributed by atoms with Crippen molar-refractivity contribution in [1.29, 1.82) is 0 Å². The summed E-state index contributed by atoms with van der Waals surface area (Å²) in [5.74, 6) is -0.653. The van der Waals surface area contributed by atoms with E-state index in [0.717, 1.165) is 6.07 Å². The maximum atomic E-state index is 11.8. The first-order chi connectivity index (χ1) is 7.92. The molecule has 0 aliphatic rings. The number of ether oxygens (including phenoxy) is 2. The highest BCUT2D eigenvalue weighted by Gasteiger charge is 2.32. The molecule has 1 heterocycles.